The van der Waals surface area contributed by atoms with Crippen LogP contribution in [0.5, 0.6) is 0 Å². The zero-order chi connectivity index (χ0) is 21.8. The Kier molecular flexibility index (Phi) is 8.48. The number of hydrogen-bond donors (Lipinski definition) is 0. The van der Waals surface area contributed by atoms with Crippen LogP contribution >= 0.6 is 0 Å². The second kappa shape index (κ2) is 10.0. The van der Waals surface area contributed by atoms with Crippen molar-refractivity contribution in [1.82, 2.24) is 0 Å². The van der Waals surface area contributed by atoms with Crippen LogP contribution < -0.4 is 0 Å². The van der Waals surface area contributed by atoms with Gasteiger partial charge in [0.25, 0.3) is 8.32 Å². The van der Waals surface area contributed by atoms with Gasteiger partial charge in [0.2, 0.25) is 0 Å². The van der Waals surface area contributed by atoms with E-state index in [1.54, 1.807) is 11.1 Å². The molecule has 0 radical (unpaired) electrons. The van der Waals surface area contributed by atoms with E-state index in [9.17, 15) is 0 Å². The predicted molar refractivity (Wildman–Crippen MR) is 132 cm³/mol. The van der Waals surface area contributed by atoms with E-state index < -0.39 is 8.32 Å². The Morgan fingerprint density at radius 3 is 2.07 bits per heavy atom. The van der Waals surface area contributed by atoms with Crippen LogP contribution in [-0.2, 0) is 4.43 Å². The minimum Gasteiger partial charge on any atom is -0.546 e. The van der Waals surface area contributed by atoms with Crippen LogP contribution in [0.3, 0.4) is 0 Å². The summed E-state index contributed by atoms with van der Waals surface area (Å²) in [5, 5.41) is 0. The molecule has 0 saturated heterocycles. The third-order valence-electron chi connectivity index (χ3n) is 8.04. The molecule has 0 aromatic heterocycles. The van der Waals surface area contributed by atoms with Crippen molar-refractivity contribution in [3.05, 3.63) is 35.1 Å². The normalized spacial score (nSPS) is 30.8. The van der Waals surface area contributed by atoms with Crippen LogP contribution in [-0.4, -0.2) is 8.32 Å². The molecule has 0 aromatic carbocycles. The maximum Gasteiger partial charge on any atom is 0.258 e. The van der Waals surface area contributed by atoms with Gasteiger partial charge in [0.05, 0.1) is 5.76 Å². The van der Waals surface area contributed by atoms with Crippen LogP contribution in [0, 0.1) is 11.3 Å². The Balaban J connectivity index is 2.35. The Hall–Kier alpha value is -0.763. The minimum atomic E-state index is -1.86. The van der Waals surface area contributed by atoms with Crippen LogP contribution in [0.15, 0.2) is 35.1 Å². The summed E-state index contributed by atoms with van der Waals surface area (Å²) < 4.78 is 7.13. The molecule has 0 aliphatic heterocycles. The molecule has 2 rings (SSSR count). The molecule has 1 nitrogen and oxygen atoms in total. The van der Waals surface area contributed by atoms with Crippen molar-refractivity contribution in [1.29, 1.82) is 0 Å². The fourth-order valence-corrected chi connectivity index (χ4v) is 11.3. The van der Waals surface area contributed by atoms with Crippen LogP contribution in [0.1, 0.15) is 107 Å². The summed E-state index contributed by atoms with van der Waals surface area (Å²) in [6.45, 7) is 21.6. The lowest BCUT2D eigenvalue weighted by molar-refractivity contribution is 0.165. The van der Waals surface area contributed by atoms with Gasteiger partial charge in [-0.25, -0.2) is 0 Å². The van der Waals surface area contributed by atoms with Crippen LogP contribution in [0.25, 0.3) is 0 Å². The first-order chi connectivity index (χ1) is 13.5. The molecule has 0 N–H and O–H groups in total. The lowest BCUT2D eigenvalue weighted by Crippen LogP contribution is -2.48. The Morgan fingerprint density at radius 1 is 0.897 bits per heavy atom. The first kappa shape index (κ1) is 24.5. The lowest BCUT2D eigenvalue weighted by Gasteiger charge is -2.46. The van der Waals surface area contributed by atoms with E-state index in [1.807, 2.05) is 0 Å². The fraction of sp³-hybridized carbons (Fsp3) is 0.778. The summed E-state index contributed by atoms with van der Waals surface area (Å²) >= 11 is 0. The SMILES string of the molecule is C/C1=C\C[C@]2(C)CCC(O[Si](C(C)C)(C(C)C)C(C)C)=C[C@H]2CC/C(C)=C/CC1. The first-order valence-electron chi connectivity index (χ1n) is 12.2. The topological polar surface area (TPSA) is 9.23 Å². The molecule has 0 saturated carbocycles. The molecule has 2 heteroatoms. The molecule has 2 aliphatic rings. The van der Waals surface area contributed by atoms with E-state index in [2.05, 4.69) is 80.5 Å². The molecule has 0 bridgehead atoms. The largest absolute Gasteiger partial charge is 0.546 e. The highest BCUT2D eigenvalue weighted by molar-refractivity contribution is 6.77. The van der Waals surface area contributed by atoms with Gasteiger partial charge in [-0.2, -0.15) is 0 Å². The van der Waals surface area contributed by atoms with Gasteiger partial charge in [-0.1, -0.05) is 71.8 Å². The third kappa shape index (κ3) is 5.69. The lowest BCUT2D eigenvalue weighted by atomic mass is 9.66. The predicted octanol–water partition coefficient (Wildman–Crippen LogP) is 9.34. The molecule has 0 spiro atoms. The number of rotatable bonds is 5. The maximum absolute atomic E-state index is 7.13. The van der Waals surface area contributed by atoms with Gasteiger partial charge in [-0.05, 0) is 86.4 Å². The summed E-state index contributed by atoms with van der Waals surface area (Å²) in [5.74, 6) is 1.95. The van der Waals surface area contributed by atoms with Crippen molar-refractivity contribution in [2.24, 2.45) is 11.3 Å². The summed E-state index contributed by atoms with van der Waals surface area (Å²) in [7, 11) is -1.86. The molecule has 166 valence electrons. The third-order valence-corrected chi connectivity index (χ3v) is 14.1. The molecular formula is C27H48OSi. The molecule has 0 fully saturated rings. The van der Waals surface area contributed by atoms with E-state index in [1.165, 1.54) is 44.3 Å². The molecular weight excluding hydrogens is 368 g/mol. The van der Waals surface area contributed by atoms with E-state index >= 15 is 0 Å². The highest BCUT2D eigenvalue weighted by Gasteiger charge is 2.48. The van der Waals surface area contributed by atoms with Gasteiger partial charge in [0, 0.05) is 6.42 Å². The quantitative estimate of drug-likeness (QED) is 0.320. The monoisotopic (exact) mass is 416 g/mol. The smallest absolute Gasteiger partial charge is 0.258 e. The van der Waals surface area contributed by atoms with Crippen LogP contribution in [0.4, 0.5) is 0 Å². The second-order valence-electron chi connectivity index (χ2n) is 11.2. The molecule has 0 heterocycles. The average Bonchev–Trinajstić information content (AvgIpc) is 2.65. The van der Waals surface area contributed by atoms with Crippen LogP contribution in [0.2, 0.25) is 16.6 Å². The van der Waals surface area contributed by atoms with Crippen molar-refractivity contribution < 1.29 is 4.43 Å². The van der Waals surface area contributed by atoms with Crippen molar-refractivity contribution in [3.8, 4) is 0 Å². The van der Waals surface area contributed by atoms with Gasteiger partial charge in [-0.15, -0.1) is 0 Å². The van der Waals surface area contributed by atoms with E-state index in [0.29, 0.717) is 28.0 Å². The van der Waals surface area contributed by atoms with Gasteiger partial charge >= 0.3 is 0 Å². The van der Waals surface area contributed by atoms with Crippen molar-refractivity contribution in [2.75, 3.05) is 0 Å². The van der Waals surface area contributed by atoms with E-state index in [0.717, 1.165) is 6.42 Å². The average molecular weight is 417 g/mol. The maximum atomic E-state index is 7.13. The fourth-order valence-electron chi connectivity index (χ4n) is 5.99. The molecule has 2 atom stereocenters. The van der Waals surface area contributed by atoms with E-state index in [4.69, 9.17) is 4.43 Å². The Bertz CT molecular complexity index is 615. The zero-order valence-corrected chi connectivity index (χ0v) is 21.9. The van der Waals surface area contributed by atoms with Gasteiger partial charge in [0.1, 0.15) is 0 Å². The van der Waals surface area contributed by atoms with Gasteiger partial charge < -0.3 is 4.43 Å². The highest BCUT2D eigenvalue weighted by Crippen LogP contribution is 2.49. The minimum absolute atomic E-state index is 0.371. The second-order valence-corrected chi connectivity index (χ2v) is 16.6. The standard InChI is InChI=1S/C27H48OSi/c1-20(2)29(21(3)4,22(5)6)28-26-16-18-27(9)17-15-24(8)12-10-11-23(7)13-14-25(27)19-26/h11,15,19-22,25H,10,12-14,16-18H2,1-9H3/b23-11+,24-15+/t25-,27-/m1/s1. The van der Waals surface area contributed by atoms with Gasteiger partial charge in [0.15, 0.2) is 0 Å². The Morgan fingerprint density at radius 2 is 1.48 bits per heavy atom. The van der Waals surface area contributed by atoms with Gasteiger partial charge in [-0.3, -0.25) is 0 Å². The van der Waals surface area contributed by atoms with Crippen molar-refractivity contribution >= 4 is 8.32 Å². The molecule has 0 amide bonds. The number of allylic oxidation sites excluding steroid dienone is 6. The van der Waals surface area contributed by atoms with Crippen molar-refractivity contribution in [3.63, 3.8) is 0 Å². The molecule has 0 aromatic rings. The summed E-state index contributed by atoms with van der Waals surface area (Å²) in [6, 6.07) is 0. The molecule has 29 heavy (non-hydrogen) atoms. The number of fused-ring (bicyclic) bond motifs is 1. The molecule has 0 unspecified atom stereocenters. The first-order valence-corrected chi connectivity index (χ1v) is 14.4. The Labute approximate surface area is 183 Å². The summed E-state index contributed by atoms with van der Waals surface area (Å²) in [4.78, 5) is 0. The van der Waals surface area contributed by atoms with Crippen molar-refractivity contribution in [2.45, 2.75) is 124 Å². The molecule has 2 aliphatic carbocycles. The number of hydrogen-bond acceptors (Lipinski definition) is 1. The zero-order valence-electron chi connectivity index (χ0n) is 20.9. The van der Waals surface area contributed by atoms with E-state index in [-0.39, 0.29) is 0 Å². The summed E-state index contributed by atoms with van der Waals surface area (Å²) in [5.41, 5.74) is 5.42. The highest BCUT2D eigenvalue weighted by atomic mass is 28.4. The summed E-state index contributed by atoms with van der Waals surface area (Å²) in [6.07, 6.45) is 16.1.